The van der Waals surface area contributed by atoms with Crippen LogP contribution in [-0.4, -0.2) is 38.0 Å². The number of hydrogen-bond acceptors (Lipinski definition) is 5. The van der Waals surface area contributed by atoms with Crippen LogP contribution in [0.3, 0.4) is 0 Å². The molecule has 0 unspecified atom stereocenters. The van der Waals surface area contributed by atoms with Crippen molar-refractivity contribution in [1.82, 2.24) is 0 Å². The van der Waals surface area contributed by atoms with Crippen molar-refractivity contribution in [3.05, 3.63) is 52.0 Å². The minimum absolute atomic E-state index is 0.00845. The van der Waals surface area contributed by atoms with E-state index in [4.69, 9.17) is 32.7 Å². The summed E-state index contributed by atoms with van der Waals surface area (Å²) in [6.45, 7) is 1.49. The molecule has 158 valence electrons. The second-order valence-electron chi connectivity index (χ2n) is 6.79. The van der Waals surface area contributed by atoms with Crippen LogP contribution in [0, 0.1) is 12.8 Å². The molecule has 1 saturated heterocycles. The van der Waals surface area contributed by atoms with Gasteiger partial charge in [-0.15, -0.1) is 0 Å². The quantitative estimate of drug-likeness (QED) is 0.675. The molecule has 9 heteroatoms. The first-order valence-corrected chi connectivity index (χ1v) is 9.91. The Morgan fingerprint density at radius 3 is 2.73 bits per heavy atom. The van der Waals surface area contributed by atoms with Gasteiger partial charge in [0.2, 0.25) is 5.91 Å². The number of nitrogens with zero attached hydrogens (tertiary/aromatic N) is 1. The van der Waals surface area contributed by atoms with Crippen molar-refractivity contribution in [2.45, 2.75) is 13.3 Å². The number of esters is 1. The first-order chi connectivity index (χ1) is 14.3. The summed E-state index contributed by atoms with van der Waals surface area (Å²) in [5.41, 5.74) is 1.79. The zero-order valence-corrected chi connectivity index (χ0v) is 17.9. The smallest absolute Gasteiger partial charge is 0.311 e. The Kier molecular flexibility index (Phi) is 6.84. The van der Waals surface area contributed by atoms with Crippen LogP contribution in [0.2, 0.25) is 10.0 Å². The topological polar surface area (TPSA) is 84.9 Å². The maximum absolute atomic E-state index is 12.4. The average molecular weight is 451 g/mol. The SMILES string of the molecule is COc1ccc(Cl)cc1NC(=O)COC(=O)[C@@H]1CC(=O)N(c2cccc(Cl)c2C)C1. The highest BCUT2D eigenvalue weighted by atomic mass is 35.5. The summed E-state index contributed by atoms with van der Waals surface area (Å²) < 4.78 is 10.3. The minimum atomic E-state index is -0.663. The Morgan fingerprint density at radius 2 is 2.00 bits per heavy atom. The molecule has 1 N–H and O–H groups in total. The van der Waals surface area contributed by atoms with Gasteiger partial charge in [-0.2, -0.15) is 0 Å². The Bertz CT molecular complexity index is 995. The van der Waals surface area contributed by atoms with Gasteiger partial charge in [0.15, 0.2) is 6.61 Å². The van der Waals surface area contributed by atoms with Gasteiger partial charge in [-0.1, -0.05) is 29.3 Å². The molecular formula is C21H20Cl2N2O5. The normalized spacial score (nSPS) is 15.8. The molecule has 2 aromatic rings. The zero-order valence-electron chi connectivity index (χ0n) is 16.4. The van der Waals surface area contributed by atoms with Crippen molar-refractivity contribution in [2.24, 2.45) is 5.92 Å². The van der Waals surface area contributed by atoms with Crippen LogP contribution >= 0.6 is 23.2 Å². The van der Waals surface area contributed by atoms with E-state index in [1.54, 1.807) is 30.3 Å². The molecule has 0 aromatic heterocycles. The van der Waals surface area contributed by atoms with Crippen LogP contribution in [0.4, 0.5) is 11.4 Å². The van der Waals surface area contributed by atoms with Gasteiger partial charge >= 0.3 is 5.97 Å². The molecule has 1 heterocycles. The summed E-state index contributed by atoms with van der Waals surface area (Å²) in [6, 6.07) is 10.0. The van der Waals surface area contributed by atoms with E-state index in [0.717, 1.165) is 5.56 Å². The third-order valence-electron chi connectivity index (χ3n) is 4.77. The van der Waals surface area contributed by atoms with E-state index in [9.17, 15) is 14.4 Å². The zero-order chi connectivity index (χ0) is 21.8. The molecule has 1 fully saturated rings. The Hall–Kier alpha value is -2.77. The predicted octanol–water partition coefficient (Wildman–Crippen LogP) is 3.85. The van der Waals surface area contributed by atoms with Crippen LogP contribution in [0.5, 0.6) is 5.75 Å². The molecule has 0 bridgehead atoms. The number of hydrogen-bond donors (Lipinski definition) is 1. The second-order valence-corrected chi connectivity index (χ2v) is 7.63. The van der Waals surface area contributed by atoms with E-state index < -0.39 is 24.4 Å². The third-order valence-corrected chi connectivity index (χ3v) is 5.41. The summed E-state index contributed by atoms with van der Waals surface area (Å²) in [5.74, 6) is -1.60. The van der Waals surface area contributed by atoms with Crippen LogP contribution in [0.1, 0.15) is 12.0 Å². The van der Waals surface area contributed by atoms with Crippen molar-refractivity contribution >= 4 is 52.4 Å². The lowest BCUT2D eigenvalue weighted by Gasteiger charge is -2.19. The van der Waals surface area contributed by atoms with Gasteiger partial charge < -0.3 is 19.7 Å². The highest BCUT2D eigenvalue weighted by molar-refractivity contribution is 6.32. The number of anilines is 2. The second kappa shape index (κ2) is 9.36. The van der Waals surface area contributed by atoms with E-state index in [-0.39, 0.29) is 18.9 Å². The van der Waals surface area contributed by atoms with Crippen LogP contribution in [-0.2, 0) is 19.1 Å². The van der Waals surface area contributed by atoms with Gasteiger partial charge in [-0.05, 0) is 42.8 Å². The first-order valence-electron chi connectivity index (χ1n) is 9.15. The van der Waals surface area contributed by atoms with Gasteiger partial charge in [0.1, 0.15) is 5.75 Å². The van der Waals surface area contributed by atoms with E-state index in [1.165, 1.54) is 18.1 Å². The highest BCUT2D eigenvalue weighted by Crippen LogP contribution is 2.32. The molecule has 1 aliphatic heterocycles. The molecule has 3 rings (SSSR count). The summed E-state index contributed by atoms with van der Waals surface area (Å²) in [7, 11) is 1.46. The fourth-order valence-electron chi connectivity index (χ4n) is 3.21. The highest BCUT2D eigenvalue weighted by Gasteiger charge is 2.37. The Labute approximate surface area is 183 Å². The molecule has 0 spiro atoms. The number of ether oxygens (including phenoxy) is 2. The maximum Gasteiger partial charge on any atom is 0.311 e. The van der Waals surface area contributed by atoms with E-state index in [2.05, 4.69) is 5.32 Å². The number of nitrogens with one attached hydrogen (secondary N) is 1. The summed E-state index contributed by atoms with van der Waals surface area (Å²) in [5, 5.41) is 3.55. The number of carbonyl (C=O) groups is 3. The van der Waals surface area contributed by atoms with Gasteiger partial charge in [-0.3, -0.25) is 14.4 Å². The fourth-order valence-corrected chi connectivity index (χ4v) is 3.55. The monoisotopic (exact) mass is 450 g/mol. The van der Waals surface area contributed by atoms with Crippen LogP contribution in [0.25, 0.3) is 0 Å². The third kappa shape index (κ3) is 4.86. The van der Waals surface area contributed by atoms with Crippen molar-refractivity contribution in [3.63, 3.8) is 0 Å². The van der Waals surface area contributed by atoms with Crippen LogP contribution < -0.4 is 15.0 Å². The average Bonchev–Trinajstić information content (AvgIpc) is 3.10. The van der Waals surface area contributed by atoms with E-state index >= 15 is 0 Å². The number of methoxy groups -OCH3 is 1. The van der Waals surface area contributed by atoms with Crippen molar-refractivity contribution in [2.75, 3.05) is 30.5 Å². The number of halogens is 2. The van der Waals surface area contributed by atoms with Gasteiger partial charge in [-0.25, -0.2) is 0 Å². The standard InChI is InChI=1S/C21H20Cl2N2O5/c1-12-15(23)4-3-5-17(12)25-10-13(8-20(25)27)21(28)30-11-19(26)24-16-9-14(22)6-7-18(16)29-2/h3-7,9,13H,8,10-11H2,1-2H3,(H,24,26)/t13-/m1/s1. The molecular weight excluding hydrogens is 431 g/mol. The number of rotatable bonds is 6. The fraction of sp³-hybridized carbons (Fsp3) is 0.286. The van der Waals surface area contributed by atoms with Gasteiger partial charge in [0.05, 0.1) is 18.7 Å². The van der Waals surface area contributed by atoms with Gasteiger partial charge in [0.25, 0.3) is 5.91 Å². The molecule has 1 aliphatic rings. The van der Waals surface area contributed by atoms with Crippen molar-refractivity contribution in [1.29, 1.82) is 0 Å². The van der Waals surface area contributed by atoms with E-state index in [1.807, 2.05) is 6.92 Å². The van der Waals surface area contributed by atoms with Gasteiger partial charge in [0, 0.05) is 28.7 Å². The van der Waals surface area contributed by atoms with Crippen molar-refractivity contribution < 1.29 is 23.9 Å². The molecule has 0 saturated carbocycles. The Morgan fingerprint density at radius 1 is 1.23 bits per heavy atom. The minimum Gasteiger partial charge on any atom is -0.495 e. The summed E-state index contributed by atoms with van der Waals surface area (Å²) in [4.78, 5) is 38.5. The summed E-state index contributed by atoms with van der Waals surface area (Å²) >= 11 is 12.1. The lowest BCUT2D eigenvalue weighted by molar-refractivity contribution is -0.151. The molecule has 2 amide bonds. The van der Waals surface area contributed by atoms with Crippen molar-refractivity contribution in [3.8, 4) is 5.75 Å². The number of benzene rings is 2. The lowest BCUT2D eigenvalue weighted by Crippen LogP contribution is -2.28. The molecule has 0 aliphatic carbocycles. The number of amides is 2. The van der Waals surface area contributed by atoms with Crippen LogP contribution in [0.15, 0.2) is 36.4 Å². The number of carbonyl (C=O) groups excluding carboxylic acids is 3. The molecule has 1 atom stereocenters. The largest absolute Gasteiger partial charge is 0.495 e. The summed E-state index contributed by atoms with van der Waals surface area (Å²) in [6.07, 6.45) is 0.00845. The first kappa shape index (κ1) is 21.9. The molecule has 0 radical (unpaired) electrons. The molecule has 30 heavy (non-hydrogen) atoms. The molecule has 7 nitrogen and oxygen atoms in total. The maximum atomic E-state index is 12.4. The lowest BCUT2D eigenvalue weighted by atomic mass is 10.1. The van der Waals surface area contributed by atoms with E-state index in [0.29, 0.717) is 27.2 Å². The Balaban J connectivity index is 1.58. The molecule has 2 aromatic carbocycles. The predicted molar refractivity (Wildman–Crippen MR) is 114 cm³/mol.